The molecule has 1 heterocycles. The largest absolute Gasteiger partial charge is 0.397 e. The normalized spacial score (nSPS) is 12.8. The van der Waals surface area contributed by atoms with E-state index in [1.807, 2.05) is 13.0 Å². The van der Waals surface area contributed by atoms with Crippen LogP contribution in [0.4, 0.5) is 11.5 Å². The van der Waals surface area contributed by atoms with E-state index < -0.39 is 0 Å². The summed E-state index contributed by atoms with van der Waals surface area (Å²) in [5.41, 5.74) is 7.58. The summed E-state index contributed by atoms with van der Waals surface area (Å²) in [6, 6.07) is 2.47. The molecule has 0 aliphatic rings. The lowest BCUT2D eigenvalue weighted by Gasteiger charge is -2.15. The van der Waals surface area contributed by atoms with Crippen LogP contribution < -0.4 is 11.1 Å². The molecule has 0 spiro atoms. The van der Waals surface area contributed by atoms with Crippen LogP contribution in [0.15, 0.2) is 12.3 Å². The molecular weight excluding hydrogens is 210 g/mol. The molecule has 3 N–H and O–H groups in total. The lowest BCUT2D eigenvalue weighted by Crippen LogP contribution is -2.16. The highest BCUT2D eigenvalue weighted by atomic mass is 15.0. The summed E-state index contributed by atoms with van der Waals surface area (Å²) in [6.07, 6.45) is 5.46. The number of pyridine rings is 1. The number of aryl methyl sites for hydroxylation is 1. The second kappa shape index (κ2) is 6.48. The molecule has 0 saturated carbocycles. The zero-order valence-corrected chi connectivity index (χ0v) is 11.5. The first-order valence-corrected chi connectivity index (χ1v) is 6.47. The molecular formula is C14H25N3. The van der Waals surface area contributed by atoms with Gasteiger partial charge in [0.2, 0.25) is 0 Å². The van der Waals surface area contributed by atoms with Gasteiger partial charge in [0.05, 0.1) is 11.9 Å². The summed E-state index contributed by atoms with van der Waals surface area (Å²) in [7, 11) is 0. The SMILES string of the molecule is Cc1cc(NC(C)CCCC(C)C)ncc1N. The molecule has 1 rings (SSSR count). The summed E-state index contributed by atoms with van der Waals surface area (Å²) in [5.74, 6) is 1.72. The number of nitrogens with two attached hydrogens (primary N) is 1. The average molecular weight is 235 g/mol. The molecule has 1 unspecified atom stereocenters. The van der Waals surface area contributed by atoms with E-state index in [2.05, 4.69) is 31.1 Å². The zero-order valence-electron chi connectivity index (χ0n) is 11.5. The van der Waals surface area contributed by atoms with Crippen molar-refractivity contribution in [3.63, 3.8) is 0 Å². The minimum absolute atomic E-state index is 0.462. The van der Waals surface area contributed by atoms with Crippen LogP contribution >= 0.6 is 0 Å². The summed E-state index contributed by atoms with van der Waals surface area (Å²) in [6.45, 7) is 8.74. The van der Waals surface area contributed by atoms with Crippen molar-refractivity contribution in [1.82, 2.24) is 4.98 Å². The van der Waals surface area contributed by atoms with Gasteiger partial charge >= 0.3 is 0 Å². The van der Waals surface area contributed by atoms with Gasteiger partial charge in [-0.15, -0.1) is 0 Å². The fourth-order valence-electron chi connectivity index (χ4n) is 1.80. The van der Waals surface area contributed by atoms with Crippen LogP contribution in [-0.2, 0) is 0 Å². The Kier molecular flexibility index (Phi) is 5.26. The monoisotopic (exact) mass is 235 g/mol. The molecule has 0 saturated heterocycles. The first-order valence-electron chi connectivity index (χ1n) is 6.47. The minimum Gasteiger partial charge on any atom is -0.397 e. The van der Waals surface area contributed by atoms with Gasteiger partial charge in [0.1, 0.15) is 5.82 Å². The fourth-order valence-corrected chi connectivity index (χ4v) is 1.80. The number of anilines is 2. The van der Waals surface area contributed by atoms with Gasteiger partial charge in [-0.05, 0) is 37.8 Å². The Hall–Kier alpha value is -1.25. The topological polar surface area (TPSA) is 50.9 Å². The number of nitrogens with one attached hydrogen (secondary N) is 1. The van der Waals surface area contributed by atoms with Crippen LogP contribution in [0, 0.1) is 12.8 Å². The Morgan fingerprint density at radius 3 is 2.59 bits per heavy atom. The van der Waals surface area contributed by atoms with Crippen molar-refractivity contribution in [3.8, 4) is 0 Å². The average Bonchev–Trinajstić information content (AvgIpc) is 2.23. The van der Waals surface area contributed by atoms with Crippen LogP contribution in [-0.4, -0.2) is 11.0 Å². The van der Waals surface area contributed by atoms with Crippen molar-refractivity contribution in [2.24, 2.45) is 5.92 Å². The Morgan fingerprint density at radius 2 is 2.00 bits per heavy atom. The molecule has 96 valence electrons. The molecule has 1 aromatic heterocycles. The maximum atomic E-state index is 5.74. The summed E-state index contributed by atoms with van der Waals surface area (Å²) in [4.78, 5) is 4.29. The van der Waals surface area contributed by atoms with E-state index in [9.17, 15) is 0 Å². The molecule has 3 nitrogen and oxygen atoms in total. The number of aromatic nitrogens is 1. The van der Waals surface area contributed by atoms with Crippen molar-refractivity contribution >= 4 is 11.5 Å². The maximum absolute atomic E-state index is 5.74. The lowest BCUT2D eigenvalue weighted by molar-refractivity contribution is 0.520. The number of nitrogens with zero attached hydrogens (tertiary/aromatic N) is 1. The molecule has 0 bridgehead atoms. The van der Waals surface area contributed by atoms with Crippen molar-refractivity contribution < 1.29 is 0 Å². The number of hydrogen-bond donors (Lipinski definition) is 2. The van der Waals surface area contributed by atoms with Gasteiger partial charge in [-0.1, -0.05) is 26.7 Å². The second-order valence-electron chi connectivity index (χ2n) is 5.30. The van der Waals surface area contributed by atoms with Crippen molar-refractivity contribution in [2.45, 2.75) is 53.0 Å². The molecule has 0 amide bonds. The Morgan fingerprint density at radius 1 is 1.29 bits per heavy atom. The second-order valence-corrected chi connectivity index (χ2v) is 5.30. The van der Waals surface area contributed by atoms with E-state index in [0.717, 1.165) is 23.0 Å². The van der Waals surface area contributed by atoms with Crippen LogP contribution in [0.5, 0.6) is 0 Å². The van der Waals surface area contributed by atoms with E-state index in [1.54, 1.807) is 6.20 Å². The number of nitrogen functional groups attached to an aromatic ring is 1. The van der Waals surface area contributed by atoms with Gasteiger partial charge in [-0.2, -0.15) is 0 Å². The summed E-state index contributed by atoms with van der Waals surface area (Å²) >= 11 is 0. The van der Waals surface area contributed by atoms with E-state index in [0.29, 0.717) is 6.04 Å². The standard InChI is InChI=1S/C14H25N3/c1-10(2)6-5-7-12(4)17-14-8-11(3)13(15)9-16-14/h8-10,12H,5-7,15H2,1-4H3,(H,16,17). The zero-order chi connectivity index (χ0) is 12.8. The highest BCUT2D eigenvalue weighted by Gasteiger charge is 2.04. The van der Waals surface area contributed by atoms with Gasteiger partial charge in [-0.3, -0.25) is 0 Å². The molecule has 0 aliphatic carbocycles. The lowest BCUT2D eigenvalue weighted by atomic mass is 10.0. The van der Waals surface area contributed by atoms with Crippen molar-refractivity contribution in [3.05, 3.63) is 17.8 Å². The molecule has 0 fully saturated rings. The number of rotatable bonds is 6. The van der Waals surface area contributed by atoms with Crippen molar-refractivity contribution in [2.75, 3.05) is 11.1 Å². The predicted octanol–water partition coefficient (Wildman–Crippen LogP) is 3.60. The molecule has 1 atom stereocenters. The van der Waals surface area contributed by atoms with Crippen LogP contribution in [0.2, 0.25) is 0 Å². The maximum Gasteiger partial charge on any atom is 0.126 e. The van der Waals surface area contributed by atoms with Crippen molar-refractivity contribution in [1.29, 1.82) is 0 Å². The Bertz CT molecular complexity index is 347. The molecule has 3 heteroatoms. The van der Waals surface area contributed by atoms with E-state index in [1.165, 1.54) is 19.3 Å². The molecule has 1 aromatic rings. The molecule has 0 aliphatic heterocycles. The first kappa shape index (κ1) is 13.8. The number of hydrogen-bond acceptors (Lipinski definition) is 3. The molecule has 17 heavy (non-hydrogen) atoms. The fraction of sp³-hybridized carbons (Fsp3) is 0.643. The highest BCUT2D eigenvalue weighted by molar-refractivity contribution is 5.51. The highest BCUT2D eigenvalue weighted by Crippen LogP contribution is 2.15. The van der Waals surface area contributed by atoms with E-state index >= 15 is 0 Å². The van der Waals surface area contributed by atoms with Crippen LogP contribution in [0.3, 0.4) is 0 Å². The third-order valence-electron chi connectivity index (χ3n) is 2.96. The van der Waals surface area contributed by atoms with Crippen LogP contribution in [0.1, 0.15) is 45.6 Å². The summed E-state index contributed by atoms with van der Waals surface area (Å²) < 4.78 is 0. The van der Waals surface area contributed by atoms with Gasteiger partial charge in [-0.25, -0.2) is 4.98 Å². The third-order valence-corrected chi connectivity index (χ3v) is 2.96. The van der Waals surface area contributed by atoms with E-state index in [4.69, 9.17) is 5.73 Å². The molecule has 0 radical (unpaired) electrons. The third kappa shape index (κ3) is 5.07. The van der Waals surface area contributed by atoms with Gasteiger partial charge in [0.25, 0.3) is 0 Å². The Balaban J connectivity index is 2.39. The smallest absolute Gasteiger partial charge is 0.126 e. The van der Waals surface area contributed by atoms with E-state index in [-0.39, 0.29) is 0 Å². The first-order chi connectivity index (χ1) is 7.99. The van der Waals surface area contributed by atoms with Crippen LogP contribution in [0.25, 0.3) is 0 Å². The predicted molar refractivity (Wildman–Crippen MR) is 75.2 cm³/mol. The Labute approximate surface area is 105 Å². The summed E-state index contributed by atoms with van der Waals surface area (Å²) in [5, 5.41) is 3.42. The quantitative estimate of drug-likeness (QED) is 0.792. The van der Waals surface area contributed by atoms with Gasteiger partial charge in [0.15, 0.2) is 0 Å². The van der Waals surface area contributed by atoms with Gasteiger partial charge in [0, 0.05) is 6.04 Å². The minimum atomic E-state index is 0.462. The van der Waals surface area contributed by atoms with Gasteiger partial charge < -0.3 is 11.1 Å². The molecule has 0 aromatic carbocycles.